The molecular formula is C59H37N5. The van der Waals surface area contributed by atoms with E-state index in [0.29, 0.717) is 17.5 Å². The molecule has 0 aliphatic carbocycles. The zero-order chi connectivity index (χ0) is 42.1. The third-order valence-electron chi connectivity index (χ3n) is 12.7. The van der Waals surface area contributed by atoms with Gasteiger partial charge >= 0.3 is 0 Å². The molecule has 0 aliphatic rings. The zero-order valence-electron chi connectivity index (χ0n) is 34.6. The third-order valence-corrected chi connectivity index (χ3v) is 12.7. The zero-order valence-corrected chi connectivity index (χ0v) is 34.6. The van der Waals surface area contributed by atoms with Crippen molar-refractivity contribution in [3.63, 3.8) is 0 Å². The van der Waals surface area contributed by atoms with Gasteiger partial charge in [0.25, 0.3) is 0 Å². The summed E-state index contributed by atoms with van der Waals surface area (Å²) >= 11 is 0. The Morgan fingerprint density at radius 3 is 1.47 bits per heavy atom. The van der Waals surface area contributed by atoms with Gasteiger partial charge in [-0.25, -0.2) is 15.0 Å². The summed E-state index contributed by atoms with van der Waals surface area (Å²) in [6.45, 7) is 0. The van der Waals surface area contributed by atoms with Crippen LogP contribution < -0.4 is 0 Å². The number of nitrogens with zero attached hydrogens (tertiary/aromatic N) is 5. The summed E-state index contributed by atoms with van der Waals surface area (Å²) in [5.41, 5.74) is 12.0. The van der Waals surface area contributed by atoms with Crippen molar-refractivity contribution in [2.45, 2.75) is 0 Å². The molecule has 0 saturated carbocycles. The Balaban J connectivity index is 1.06. The summed E-state index contributed by atoms with van der Waals surface area (Å²) in [7, 11) is 0. The normalized spacial score (nSPS) is 11.8. The number of fused-ring (bicyclic) bond motifs is 8. The Kier molecular flexibility index (Phi) is 8.15. The van der Waals surface area contributed by atoms with Crippen molar-refractivity contribution in [3.05, 3.63) is 224 Å². The smallest absolute Gasteiger partial charge is 0.164 e. The SMILES string of the molecule is c1ccc(-c2cccc(-c3nc(-c4ccccc4)nc(-c4ccc5cccc(-n6c7ccccc7c7c(-n8c9ccccc9c9ccccc98)c8ccccc8cc76)c5c4)n3)c2)cc1. The highest BCUT2D eigenvalue weighted by molar-refractivity contribution is 6.22. The van der Waals surface area contributed by atoms with Gasteiger partial charge in [0.05, 0.1) is 33.4 Å². The summed E-state index contributed by atoms with van der Waals surface area (Å²) in [5.74, 6) is 1.88. The van der Waals surface area contributed by atoms with Crippen molar-refractivity contribution in [2.75, 3.05) is 0 Å². The Morgan fingerprint density at radius 2 is 0.766 bits per heavy atom. The second-order valence-corrected chi connectivity index (χ2v) is 16.4. The van der Waals surface area contributed by atoms with E-state index in [1.54, 1.807) is 0 Å². The predicted molar refractivity (Wildman–Crippen MR) is 265 cm³/mol. The maximum absolute atomic E-state index is 5.23. The lowest BCUT2D eigenvalue weighted by molar-refractivity contribution is 1.07. The van der Waals surface area contributed by atoms with E-state index in [-0.39, 0.29) is 0 Å². The van der Waals surface area contributed by atoms with Crippen molar-refractivity contribution in [1.82, 2.24) is 24.1 Å². The monoisotopic (exact) mass is 815 g/mol. The van der Waals surface area contributed by atoms with Crippen LogP contribution in [0.2, 0.25) is 0 Å². The molecule has 0 bridgehead atoms. The Hall–Kier alpha value is -8.67. The summed E-state index contributed by atoms with van der Waals surface area (Å²) < 4.78 is 4.95. The highest BCUT2D eigenvalue weighted by Gasteiger charge is 2.23. The highest BCUT2D eigenvalue weighted by atomic mass is 15.0. The van der Waals surface area contributed by atoms with E-state index in [4.69, 9.17) is 15.0 Å². The molecular weight excluding hydrogens is 779 g/mol. The average molecular weight is 816 g/mol. The van der Waals surface area contributed by atoms with Crippen LogP contribution >= 0.6 is 0 Å². The number of hydrogen-bond acceptors (Lipinski definition) is 3. The number of para-hydroxylation sites is 3. The van der Waals surface area contributed by atoms with Gasteiger partial charge in [0.1, 0.15) is 0 Å². The van der Waals surface area contributed by atoms with Crippen LogP contribution in [0.5, 0.6) is 0 Å². The first kappa shape index (κ1) is 36.0. The van der Waals surface area contributed by atoms with Crippen LogP contribution in [-0.4, -0.2) is 24.1 Å². The molecule has 3 heterocycles. The highest BCUT2D eigenvalue weighted by Crippen LogP contribution is 2.44. The minimum Gasteiger partial charge on any atom is -0.309 e. The van der Waals surface area contributed by atoms with Crippen LogP contribution in [0.3, 0.4) is 0 Å². The van der Waals surface area contributed by atoms with Crippen molar-refractivity contribution in [1.29, 1.82) is 0 Å². The quantitative estimate of drug-likeness (QED) is 0.168. The molecule has 5 heteroatoms. The molecule has 0 unspecified atom stereocenters. The molecule has 13 rings (SSSR count). The van der Waals surface area contributed by atoms with Gasteiger partial charge in [0.15, 0.2) is 17.5 Å². The van der Waals surface area contributed by atoms with E-state index >= 15 is 0 Å². The molecule has 0 N–H and O–H groups in total. The van der Waals surface area contributed by atoms with E-state index in [2.05, 4.69) is 209 Å². The van der Waals surface area contributed by atoms with Gasteiger partial charge in [-0.15, -0.1) is 0 Å². The van der Waals surface area contributed by atoms with E-state index < -0.39 is 0 Å². The lowest BCUT2D eigenvalue weighted by Crippen LogP contribution is -2.01. The molecule has 0 fully saturated rings. The van der Waals surface area contributed by atoms with Gasteiger partial charge in [0, 0.05) is 49.0 Å². The summed E-state index contributed by atoms with van der Waals surface area (Å²) in [6.07, 6.45) is 0. The fraction of sp³-hybridized carbons (Fsp3) is 0. The van der Waals surface area contributed by atoms with Crippen LogP contribution in [0, 0.1) is 0 Å². The Morgan fingerprint density at radius 1 is 0.266 bits per heavy atom. The number of rotatable bonds is 6. The molecule has 0 radical (unpaired) electrons. The molecule has 13 aromatic rings. The second-order valence-electron chi connectivity index (χ2n) is 16.4. The molecule has 0 amide bonds. The van der Waals surface area contributed by atoms with Gasteiger partial charge in [0.2, 0.25) is 0 Å². The fourth-order valence-corrected chi connectivity index (χ4v) is 9.83. The lowest BCUT2D eigenvalue weighted by Gasteiger charge is -2.16. The maximum atomic E-state index is 5.23. The topological polar surface area (TPSA) is 48.5 Å². The van der Waals surface area contributed by atoms with Gasteiger partial charge in [-0.3, -0.25) is 0 Å². The Labute approximate surface area is 368 Å². The molecule has 298 valence electrons. The van der Waals surface area contributed by atoms with E-state index in [0.717, 1.165) is 55.3 Å². The summed E-state index contributed by atoms with van der Waals surface area (Å²) in [5, 5.41) is 9.50. The molecule has 0 saturated heterocycles. The summed E-state index contributed by atoms with van der Waals surface area (Å²) in [6, 6.07) is 79.9. The standard InChI is InChI=1S/C59H37N5/c1-3-17-38(18-4-1)41-23-15-24-43(35-41)58-60-57(40-19-5-2-6-20-40)61-59(62-58)44-34-33-39-22-16-32-53(49(39)36-44)63-52-31-14-11-28-48(52)55-54(63)37-42-21-7-8-25-45(42)56(55)64-50-29-12-9-26-46(50)47-27-10-13-30-51(47)64/h1-37H. The fourth-order valence-electron chi connectivity index (χ4n) is 9.83. The van der Waals surface area contributed by atoms with Gasteiger partial charge in [-0.1, -0.05) is 182 Å². The molecule has 0 spiro atoms. The number of aromatic nitrogens is 5. The molecule has 64 heavy (non-hydrogen) atoms. The number of hydrogen-bond donors (Lipinski definition) is 0. The molecule has 5 nitrogen and oxygen atoms in total. The minimum atomic E-state index is 0.618. The van der Waals surface area contributed by atoms with E-state index in [1.807, 2.05) is 24.3 Å². The van der Waals surface area contributed by atoms with E-state index in [9.17, 15) is 0 Å². The predicted octanol–water partition coefficient (Wildman–Crippen LogP) is 15.0. The van der Waals surface area contributed by atoms with Crippen LogP contribution in [-0.2, 0) is 0 Å². The molecule has 0 atom stereocenters. The minimum absolute atomic E-state index is 0.618. The average Bonchev–Trinajstić information content (AvgIpc) is 3.88. The van der Waals surface area contributed by atoms with Gasteiger partial charge < -0.3 is 9.13 Å². The van der Waals surface area contributed by atoms with Gasteiger partial charge in [-0.2, -0.15) is 0 Å². The maximum Gasteiger partial charge on any atom is 0.164 e. The van der Waals surface area contributed by atoms with Crippen LogP contribution in [0.1, 0.15) is 0 Å². The van der Waals surface area contributed by atoms with Crippen molar-refractivity contribution in [2.24, 2.45) is 0 Å². The van der Waals surface area contributed by atoms with Crippen LogP contribution in [0.15, 0.2) is 224 Å². The van der Waals surface area contributed by atoms with Crippen LogP contribution in [0.4, 0.5) is 0 Å². The molecule has 3 aromatic heterocycles. The largest absolute Gasteiger partial charge is 0.309 e. The Bertz CT molecular complexity index is 3900. The second kappa shape index (κ2) is 14.5. The first-order chi connectivity index (χ1) is 31.7. The van der Waals surface area contributed by atoms with Crippen LogP contribution in [0.25, 0.3) is 122 Å². The van der Waals surface area contributed by atoms with Crippen molar-refractivity contribution in [3.8, 4) is 56.7 Å². The first-order valence-electron chi connectivity index (χ1n) is 21.7. The molecule has 0 aliphatic heterocycles. The molecule has 10 aromatic carbocycles. The van der Waals surface area contributed by atoms with Crippen molar-refractivity contribution < 1.29 is 0 Å². The van der Waals surface area contributed by atoms with E-state index in [1.165, 1.54) is 49.0 Å². The van der Waals surface area contributed by atoms with Crippen molar-refractivity contribution >= 4 is 65.2 Å². The first-order valence-corrected chi connectivity index (χ1v) is 21.7. The van der Waals surface area contributed by atoms with Gasteiger partial charge in [-0.05, 0) is 64.4 Å². The summed E-state index contributed by atoms with van der Waals surface area (Å²) in [4.78, 5) is 15.5. The number of benzene rings is 10. The lowest BCUT2D eigenvalue weighted by atomic mass is 10.0. The third kappa shape index (κ3) is 5.68.